The minimum Gasteiger partial charge on any atom is -0.265 e. The quantitative estimate of drug-likeness (QED) is 0.713. The van der Waals surface area contributed by atoms with Crippen molar-refractivity contribution in [2.45, 2.75) is 27.7 Å². The molecule has 3 nitrogen and oxygen atoms in total. The second-order valence-electron chi connectivity index (χ2n) is 3.03. The monoisotopic (exact) mass is 203 g/mol. The Labute approximate surface area is 90.8 Å². The SMILES string of the molecule is CC.Cc1cnn(-c2ccncc2)c1C. The van der Waals surface area contributed by atoms with Crippen molar-refractivity contribution in [2.24, 2.45) is 0 Å². The Bertz CT molecular complexity index is 404. The second-order valence-corrected chi connectivity index (χ2v) is 3.03. The molecule has 0 fully saturated rings. The maximum Gasteiger partial charge on any atom is 0.0679 e. The van der Waals surface area contributed by atoms with Crippen LogP contribution in [0.25, 0.3) is 5.69 Å². The van der Waals surface area contributed by atoms with E-state index in [-0.39, 0.29) is 0 Å². The van der Waals surface area contributed by atoms with Gasteiger partial charge in [0.15, 0.2) is 0 Å². The van der Waals surface area contributed by atoms with Crippen LogP contribution >= 0.6 is 0 Å². The molecule has 2 aromatic heterocycles. The summed E-state index contributed by atoms with van der Waals surface area (Å²) in [5.41, 5.74) is 3.43. The van der Waals surface area contributed by atoms with Crippen molar-refractivity contribution in [3.63, 3.8) is 0 Å². The molecule has 0 bridgehead atoms. The van der Waals surface area contributed by atoms with Gasteiger partial charge in [-0.25, -0.2) is 4.68 Å². The molecule has 0 aliphatic rings. The van der Waals surface area contributed by atoms with Crippen molar-refractivity contribution in [2.75, 3.05) is 0 Å². The predicted octanol–water partition coefficient (Wildman–Crippen LogP) is 2.91. The Morgan fingerprint density at radius 2 is 1.67 bits per heavy atom. The van der Waals surface area contributed by atoms with Gasteiger partial charge in [-0.3, -0.25) is 4.98 Å². The Morgan fingerprint density at radius 1 is 1.07 bits per heavy atom. The number of rotatable bonds is 1. The van der Waals surface area contributed by atoms with Gasteiger partial charge >= 0.3 is 0 Å². The zero-order valence-corrected chi connectivity index (χ0v) is 9.73. The van der Waals surface area contributed by atoms with Crippen molar-refractivity contribution >= 4 is 0 Å². The lowest BCUT2D eigenvalue weighted by Crippen LogP contribution is -1.98. The molecule has 2 rings (SSSR count). The molecule has 15 heavy (non-hydrogen) atoms. The number of pyridine rings is 1. The molecule has 0 spiro atoms. The number of aryl methyl sites for hydroxylation is 1. The summed E-state index contributed by atoms with van der Waals surface area (Å²) in [5.74, 6) is 0. The van der Waals surface area contributed by atoms with Gasteiger partial charge < -0.3 is 0 Å². The lowest BCUT2D eigenvalue weighted by Gasteiger charge is -2.02. The standard InChI is InChI=1S/C10H11N3.C2H6/c1-8-7-12-13(9(8)2)10-3-5-11-6-4-10;1-2/h3-7H,1-2H3;1-2H3. The summed E-state index contributed by atoms with van der Waals surface area (Å²) in [5, 5.41) is 4.27. The molecule has 3 heteroatoms. The fourth-order valence-electron chi connectivity index (χ4n) is 1.24. The Kier molecular flexibility index (Phi) is 4.03. The zero-order valence-electron chi connectivity index (χ0n) is 9.73. The molecule has 0 radical (unpaired) electrons. The van der Waals surface area contributed by atoms with E-state index in [2.05, 4.69) is 23.9 Å². The molecule has 80 valence electrons. The van der Waals surface area contributed by atoms with Crippen LogP contribution in [0.5, 0.6) is 0 Å². The average molecular weight is 203 g/mol. The van der Waals surface area contributed by atoms with Gasteiger partial charge in [-0.2, -0.15) is 5.10 Å². The van der Waals surface area contributed by atoms with Crippen molar-refractivity contribution < 1.29 is 0 Å². The van der Waals surface area contributed by atoms with Crippen LogP contribution in [0.3, 0.4) is 0 Å². The van der Waals surface area contributed by atoms with E-state index < -0.39 is 0 Å². The molecule has 0 unspecified atom stereocenters. The van der Waals surface area contributed by atoms with E-state index in [0.29, 0.717) is 0 Å². The lowest BCUT2D eigenvalue weighted by atomic mass is 10.3. The van der Waals surface area contributed by atoms with Crippen LogP contribution in [0.2, 0.25) is 0 Å². The third kappa shape index (κ3) is 2.43. The fraction of sp³-hybridized carbons (Fsp3) is 0.333. The molecule has 0 N–H and O–H groups in total. The molecule has 2 heterocycles. The average Bonchev–Trinajstić information content (AvgIpc) is 2.64. The first kappa shape index (κ1) is 11.4. The van der Waals surface area contributed by atoms with E-state index in [9.17, 15) is 0 Å². The Morgan fingerprint density at radius 3 is 2.13 bits per heavy atom. The molecular formula is C12H17N3. The van der Waals surface area contributed by atoms with Crippen molar-refractivity contribution in [1.82, 2.24) is 14.8 Å². The van der Waals surface area contributed by atoms with E-state index in [1.54, 1.807) is 12.4 Å². The van der Waals surface area contributed by atoms with Crippen molar-refractivity contribution in [3.05, 3.63) is 42.0 Å². The maximum atomic E-state index is 4.27. The lowest BCUT2D eigenvalue weighted by molar-refractivity contribution is 0.843. The second kappa shape index (κ2) is 5.29. The van der Waals surface area contributed by atoms with E-state index in [1.807, 2.05) is 36.9 Å². The van der Waals surface area contributed by atoms with E-state index >= 15 is 0 Å². The van der Waals surface area contributed by atoms with Gasteiger partial charge in [0.2, 0.25) is 0 Å². The smallest absolute Gasteiger partial charge is 0.0679 e. The Balaban J connectivity index is 0.000000531. The highest BCUT2D eigenvalue weighted by Crippen LogP contribution is 2.11. The van der Waals surface area contributed by atoms with Gasteiger partial charge in [0.25, 0.3) is 0 Å². The van der Waals surface area contributed by atoms with Crippen LogP contribution in [0.1, 0.15) is 25.1 Å². The first-order chi connectivity index (χ1) is 7.29. The van der Waals surface area contributed by atoms with Crippen LogP contribution < -0.4 is 0 Å². The van der Waals surface area contributed by atoms with Gasteiger partial charge in [0.1, 0.15) is 0 Å². The summed E-state index contributed by atoms with van der Waals surface area (Å²) in [7, 11) is 0. The predicted molar refractivity (Wildman–Crippen MR) is 62.2 cm³/mol. The van der Waals surface area contributed by atoms with Crippen LogP contribution in [0.4, 0.5) is 0 Å². The van der Waals surface area contributed by atoms with Crippen LogP contribution in [-0.2, 0) is 0 Å². The van der Waals surface area contributed by atoms with Gasteiger partial charge in [0.05, 0.1) is 11.9 Å². The molecule has 0 amide bonds. The fourth-order valence-corrected chi connectivity index (χ4v) is 1.24. The molecule has 0 saturated heterocycles. The van der Waals surface area contributed by atoms with Crippen LogP contribution in [0, 0.1) is 13.8 Å². The Hall–Kier alpha value is -1.64. The highest BCUT2D eigenvalue weighted by atomic mass is 15.3. The number of nitrogens with zero attached hydrogens (tertiary/aromatic N) is 3. The van der Waals surface area contributed by atoms with Crippen molar-refractivity contribution in [1.29, 1.82) is 0 Å². The number of hydrogen-bond acceptors (Lipinski definition) is 2. The van der Waals surface area contributed by atoms with Gasteiger partial charge in [0, 0.05) is 18.1 Å². The number of hydrogen-bond donors (Lipinski definition) is 0. The summed E-state index contributed by atoms with van der Waals surface area (Å²) in [4.78, 5) is 3.97. The van der Waals surface area contributed by atoms with Crippen LogP contribution in [-0.4, -0.2) is 14.8 Å². The van der Waals surface area contributed by atoms with E-state index in [4.69, 9.17) is 0 Å². The van der Waals surface area contributed by atoms with Crippen molar-refractivity contribution in [3.8, 4) is 5.69 Å². The molecule has 0 atom stereocenters. The third-order valence-corrected chi connectivity index (χ3v) is 2.16. The number of aromatic nitrogens is 3. The maximum absolute atomic E-state index is 4.27. The molecule has 0 aromatic carbocycles. The summed E-state index contributed by atoms with van der Waals surface area (Å²) in [6.45, 7) is 8.11. The van der Waals surface area contributed by atoms with E-state index in [1.165, 1.54) is 11.3 Å². The summed E-state index contributed by atoms with van der Waals surface area (Å²) in [6, 6.07) is 3.89. The van der Waals surface area contributed by atoms with E-state index in [0.717, 1.165) is 5.69 Å². The topological polar surface area (TPSA) is 30.7 Å². The highest BCUT2D eigenvalue weighted by molar-refractivity contribution is 5.32. The molecule has 0 aliphatic carbocycles. The minimum absolute atomic E-state index is 1.06. The highest BCUT2D eigenvalue weighted by Gasteiger charge is 2.02. The molecule has 0 saturated carbocycles. The van der Waals surface area contributed by atoms with Gasteiger partial charge in [-0.15, -0.1) is 0 Å². The molecular weight excluding hydrogens is 186 g/mol. The van der Waals surface area contributed by atoms with Gasteiger partial charge in [-0.05, 0) is 31.5 Å². The molecule has 0 aliphatic heterocycles. The van der Waals surface area contributed by atoms with Gasteiger partial charge in [-0.1, -0.05) is 13.8 Å². The summed E-state index contributed by atoms with van der Waals surface area (Å²) in [6.07, 6.45) is 5.41. The van der Waals surface area contributed by atoms with Crippen LogP contribution in [0.15, 0.2) is 30.7 Å². The summed E-state index contributed by atoms with van der Waals surface area (Å²) < 4.78 is 1.91. The summed E-state index contributed by atoms with van der Waals surface area (Å²) >= 11 is 0. The first-order valence-corrected chi connectivity index (χ1v) is 5.20. The molecule has 2 aromatic rings. The largest absolute Gasteiger partial charge is 0.265 e. The third-order valence-electron chi connectivity index (χ3n) is 2.16. The minimum atomic E-state index is 1.06. The first-order valence-electron chi connectivity index (χ1n) is 5.20. The zero-order chi connectivity index (χ0) is 11.3. The normalized spacial score (nSPS) is 9.33.